The van der Waals surface area contributed by atoms with Gasteiger partial charge in [-0.3, -0.25) is 4.79 Å². The van der Waals surface area contributed by atoms with E-state index in [1.54, 1.807) is 13.8 Å². The van der Waals surface area contributed by atoms with Gasteiger partial charge in [-0.25, -0.2) is 0 Å². The molecule has 0 aromatic carbocycles. The van der Waals surface area contributed by atoms with Crippen LogP contribution in [0.2, 0.25) is 0 Å². The molecule has 0 spiro atoms. The van der Waals surface area contributed by atoms with Crippen molar-refractivity contribution >= 4 is 46.4 Å². The average molecular weight is 144 g/mol. The number of hydrogen-bond donors (Lipinski definition) is 1. The zero-order chi connectivity index (χ0) is 5.15. The summed E-state index contributed by atoms with van der Waals surface area (Å²) in [6.45, 7) is 3.28. The molecule has 4 heteroatoms. The fraction of sp³-hybridized carbons (Fsp3) is 0.750. The van der Waals surface area contributed by atoms with E-state index in [4.69, 9.17) is 5.11 Å². The molecule has 2 nitrogen and oxygen atoms in total. The van der Waals surface area contributed by atoms with E-state index in [1.807, 2.05) is 0 Å². The van der Waals surface area contributed by atoms with Gasteiger partial charge in [-0.2, -0.15) is 0 Å². The minimum absolute atomic E-state index is 0. The van der Waals surface area contributed by atoms with Gasteiger partial charge in [-0.15, -0.1) is 0 Å². The first-order valence-electron chi connectivity index (χ1n) is 1.87. The molecule has 1 N–H and O–H groups in total. The van der Waals surface area contributed by atoms with Gasteiger partial charge >= 0.3 is 29.0 Å². The Morgan fingerprint density at radius 2 is 1.75 bits per heavy atom. The first-order chi connectivity index (χ1) is 2.64. The molecule has 0 aliphatic carbocycles. The molecule has 0 aromatic heterocycles. The molecule has 0 unspecified atom stereocenters. The van der Waals surface area contributed by atoms with E-state index in [0.717, 1.165) is 0 Å². The van der Waals surface area contributed by atoms with E-state index >= 15 is 0 Å². The molecule has 0 saturated carbocycles. The normalized spacial score (nSPS) is 6.88. The summed E-state index contributed by atoms with van der Waals surface area (Å²) in [6.07, 6.45) is 0. The van der Waals surface area contributed by atoms with Crippen LogP contribution in [0.25, 0.3) is 0 Å². The summed E-state index contributed by atoms with van der Waals surface area (Å²) in [6, 6.07) is 0. The van der Waals surface area contributed by atoms with Crippen molar-refractivity contribution in [2.45, 2.75) is 13.8 Å². The average Bonchev–Trinajstić information content (AvgIpc) is 1.36. The number of rotatable bonds is 1. The van der Waals surface area contributed by atoms with Crippen LogP contribution in [0.4, 0.5) is 0 Å². The molecule has 0 amide bonds. The monoisotopic (exact) mass is 144 g/mol. The second kappa shape index (κ2) is 7.77. The second-order valence-corrected chi connectivity index (χ2v) is 1.49. The van der Waals surface area contributed by atoms with E-state index in [2.05, 4.69) is 0 Å². The van der Waals surface area contributed by atoms with E-state index in [-0.39, 0.29) is 49.2 Å². The molecular weight excluding hydrogens is 131 g/mol. The predicted molar refractivity (Wildman–Crippen MR) is 40.4 cm³/mol. The van der Waals surface area contributed by atoms with Crippen molar-refractivity contribution in [3.05, 3.63) is 0 Å². The zero-order valence-electron chi connectivity index (χ0n) is 6.64. The summed E-state index contributed by atoms with van der Waals surface area (Å²) in [7, 11) is 0. The Labute approximate surface area is 78.9 Å². The molecule has 0 bridgehead atoms. The van der Waals surface area contributed by atoms with Crippen LogP contribution in [-0.4, -0.2) is 51.5 Å². The molecule has 0 aliphatic rings. The van der Waals surface area contributed by atoms with Gasteiger partial charge in [0, 0.05) is 0 Å². The summed E-state index contributed by atoms with van der Waals surface area (Å²) >= 11 is 0. The molecular formula is C4H13AlMgO2. The van der Waals surface area contributed by atoms with Crippen LogP contribution < -0.4 is 0 Å². The maximum atomic E-state index is 9.70. The minimum Gasteiger partial charge on any atom is -1.00 e. The standard InChI is InChI=1S/C4H8O2.Al.Mg.5H/c1-3(2)4(5)6;;;;;;;/h3H,1-2H3,(H,5,6);;;;;;;/q;;+2;;;;2*-1. The molecule has 0 heterocycles. The van der Waals surface area contributed by atoms with Gasteiger partial charge in [-0.1, -0.05) is 13.8 Å². The largest absolute Gasteiger partial charge is 2.00 e. The molecule has 0 aliphatic heterocycles. The van der Waals surface area contributed by atoms with Crippen molar-refractivity contribution in [3.8, 4) is 0 Å². The van der Waals surface area contributed by atoms with Crippen molar-refractivity contribution < 1.29 is 12.8 Å². The number of hydrogen-bond acceptors (Lipinski definition) is 1. The van der Waals surface area contributed by atoms with Gasteiger partial charge in [-0.05, 0) is 0 Å². The molecule has 0 fully saturated rings. The van der Waals surface area contributed by atoms with Crippen LogP contribution in [0.3, 0.4) is 0 Å². The first-order valence-corrected chi connectivity index (χ1v) is 1.87. The van der Waals surface area contributed by atoms with Gasteiger partial charge in [0.2, 0.25) is 0 Å². The fourth-order valence-corrected chi connectivity index (χ4v) is 0. The van der Waals surface area contributed by atoms with Crippen molar-refractivity contribution in [2.75, 3.05) is 0 Å². The summed E-state index contributed by atoms with van der Waals surface area (Å²) in [5, 5.41) is 7.99. The van der Waals surface area contributed by atoms with Crippen LogP contribution >= 0.6 is 0 Å². The number of carboxylic acids is 1. The third-order valence-corrected chi connectivity index (χ3v) is 0.494. The molecule has 8 heavy (non-hydrogen) atoms. The molecule has 0 saturated heterocycles. The smallest absolute Gasteiger partial charge is 1.00 e. The Hall–Kier alpha value is 0.769. The Morgan fingerprint density at radius 1 is 1.62 bits per heavy atom. The summed E-state index contributed by atoms with van der Waals surface area (Å²) < 4.78 is 0. The van der Waals surface area contributed by atoms with Gasteiger partial charge < -0.3 is 7.96 Å². The minimum atomic E-state index is -0.741. The summed E-state index contributed by atoms with van der Waals surface area (Å²) in [5.41, 5.74) is 0. The van der Waals surface area contributed by atoms with Crippen LogP contribution in [0, 0.1) is 5.92 Å². The molecule has 0 atom stereocenters. The van der Waals surface area contributed by atoms with Crippen LogP contribution in [0.1, 0.15) is 16.7 Å². The fourth-order valence-electron chi connectivity index (χ4n) is 0. The number of aliphatic carboxylic acids is 1. The third-order valence-electron chi connectivity index (χ3n) is 0.494. The Morgan fingerprint density at radius 3 is 1.75 bits per heavy atom. The summed E-state index contributed by atoms with van der Waals surface area (Å²) in [4.78, 5) is 9.70. The topological polar surface area (TPSA) is 37.3 Å². The molecule has 46 valence electrons. The number of carboxylic acid groups (broad SMARTS) is 1. The Kier molecular flexibility index (Phi) is 15.4. The first kappa shape index (κ1) is 15.9. The van der Waals surface area contributed by atoms with E-state index in [9.17, 15) is 4.79 Å². The zero-order valence-corrected chi connectivity index (χ0v) is 6.05. The van der Waals surface area contributed by atoms with Crippen LogP contribution in [0.5, 0.6) is 0 Å². The second-order valence-electron chi connectivity index (χ2n) is 1.49. The Bertz CT molecular complexity index is 72.3. The van der Waals surface area contributed by atoms with E-state index in [0.29, 0.717) is 0 Å². The van der Waals surface area contributed by atoms with Crippen LogP contribution in [-0.2, 0) is 4.79 Å². The quantitative estimate of drug-likeness (QED) is 0.499. The van der Waals surface area contributed by atoms with Gasteiger partial charge in [0.25, 0.3) is 0 Å². The SMILES string of the molecule is CC(C)C(=O)O.[AlH3].[H-].[H-].[Mg+2]. The summed E-state index contributed by atoms with van der Waals surface area (Å²) in [5.74, 6) is -0.972. The number of carbonyl (C=O) groups is 1. The Balaban J connectivity index is -0.0000000208. The van der Waals surface area contributed by atoms with Crippen LogP contribution in [0.15, 0.2) is 0 Å². The molecule has 0 aromatic rings. The van der Waals surface area contributed by atoms with E-state index < -0.39 is 5.97 Å². The van der Waals surface area contributed by atoms with Crippen molar-refractivity contribution in [1.29, 1.82) is 0 Å². The molecule has 0 rings (SSSR count). The van der Waals surface area contributed by atoms with Gasteiger partial charge in [0.1, 0.15) is 0 Å². The maximum Gasteiger partial charge on any atom is 2.00 e. The van der Waals surface area contributed by atoms with Gasteiger partial charge in [0.05, 0.1) is 5.92 Å². The van der Waals surface area contributed by atoms with E-state index in [1.165, 1.54) is 0 Å². The van der Waals surface area contributed by atoms with Gasteiger partial charge in [0.15, 0.2) is 17.4 Å². The van der Waals surface area contributed by atoms with Crippen molar-refractivity contribution in [1.82, 2.24) is 0 Å². The maximum absolute atomic E-state index is 9.70. The predicted octanol–water partition coefficient (Wildman–Crippen LogP) is -0.613. The molecule has 0 radical (unpaired) electrons. The van der Waals surface area contributed by atoms with Crippen molar-refractivity contribution in [3.63, 3.8) is 0 Å². The van der Waals surface area contributed by atoms with Crippen molar-refractivity contribution in [2.24, 2.45) is 5.92 Å². The third kappa shape index (κ3) is 9.91.